The van der Waals surface area contributed by atoms with Crippen molar-refractivity contribution in [3.63, 3.8) is 0 Å². The first-order valence-corrected chi connectivity index (χ1v) is 11.8. The van der Waals surface area contributed by atoms with Crippen LogP contribution in [0.25, 0.3) is 16.6 Å². The molecule has 2 aromatic heterocycles. The highest BCUT2D eigenvalue weighted by Gasteiger charge is 2.42. The second-order valence-corrected chi connectivity index (χ2v) is 9.08. The molecule has 34 heavy (non-hydrogen) atoms. The SMILES string of the molecule is O=C1CC(Nc2nccs2)[C@@H](c2ccccc2)N1c1ccc2c(cnn2-c2ccc(F)cc2)c1. The molecule has 1 saturated heterocycles. The zero-order valence-corrected chi connectivity index (χ0v) is 18.8. The van der Waals surface area contributed by atoms with Crippen molar-refractivity contribution >= 4 is 39.0 Å². The summed E-state index contributed by atoms with van der Waals surface area (Å²) in [6.07, 6.45) is 3.89. The molecule has 0 bridgehead atoms. The number of hydrogen-bond acceptors (Lipinski definition) is 5. The third-order valence-corrected chi connectivity index (χ3v) is 6.81. The molecule has 1 unspecified atom stereocenters. The third kappa shape index (κ3) is 3.62. The van der Waals surface area contributed by atoms with E-state index in [9.17, 15) is 9.18 Å². The van der Waals surface area contributed by atoms with Crippen LogP contribution in [-0.2, 0) is 4.79 Å². The zero-order valence-electron chi connectivity index (χ0n) is 18.0. The van der Waals surface area contributed by atoms with Gasteiger partial charge in [-0.2, -0.15) is 5.10 Å². The van der Waals surface area contributed by atoms with E-state index in [1.807, 2.05) is 46.7 Å². The third-order valence-electron chi connectivity index (χ3n) is 6.11. The maximum absolute atomic E-state index is 13.4. The number of anilines is 2. The fraction of sp³-hybridized carbons (Fsp3) is 0.115. The minimum absolute atomic E-state index is 0.0492. The zero-order chi connectivity index (χ0) is 23.1. The minimum atomic E-state index is -0.289. The van der Waals surface area contributed by atoms with Crippen molar-refractivity contribution in [3.05, 3.63) is 102 Å². The number of halogens is 1. The van der Waals surface area contributed by atoms with E-state index in [2.05, 4.69) is 27.5 Å². The Bertz CT molecular complexity index is 1450. The molecule has 0 saturated carbocycles. The van der Waals surface area contributed by atoms with Crippen molar-refractivity contribution < 1.29 is 9.18 Å². The highest BCUT2D eigenvalue weighted by Crippen LogP contribution is 2.40. The van der Waals surface area contributed by atoms with E-state index in [4.69, 9.17) is 0 Å². The van der Waals surface area contributed by atoms with Gasteiger partial charge in [0.25, 0.3) is 0 Å². The largest absolute Gasteiger partial charge is 0.356 e. The van der Waals surface area contributed by atoms with Gasteiger partial charge in [-0.25, -0.2) is 14.1 Å². The molecular weight excluding hydrogens is 449 g/mol. The summed E-state index contributed by atoms with van der Waals surface area (Å²) in [4.78, 5) is 19.5. The number of carbonyl (C=O) groups excluding carboxylic acids is 1. The molecule has 1 amide bonds. The van der Waals surface area contributed by atoms with Gasteiger partial charge in [0, 0.05) is 29.1 Å². The lowest BCUT2D eigenvalue weighted by atomic mass is 9.99. The van der Waals surface area contributed by atoms with E-state index in [1.165, 1.54) is 23.5 Å². The van der Waals surface area contributed by atoms with Gasteiger partial charge in [-0.3, -0.25) is 4.79 Å². The Morgan fingerprint density at radius 1 is 1.00 bits per heavy atom. The molecule has 2 atom stereocenters. The fourth-order valence-corrected chi connectivity index (χ4v) is 5.20. The van der Waals surface area contributed by atoms with Crippen molar-refractivity contribution in [2.75, 3.05) is 10.2 Å². The molecule has 0 spiro atoms. The minimum Gasteiger partial charge on any atom is -0.356 e. The van der Waals surface area contributed by atoms with Gasteiger partial charge in [-0.05, 0) is 48.0 Å². The lowest BCUT2D eigenvalue weighted by molar-refractivity contribution is -0.117. The van der Waals surface area contributed by atoms with Gasteiger partial charge in [0.15, 0.2) is 5.13 Å². The van der Waals surface area contributed by atoms with Crippen molar-refractivity contribution in [1.29, 1.82) is 0 Å². The molecule has 6 nitrogen and oxygen atoms in total. The molecule has 1 aliphatic heterocycles. The highest BCUT2D eigenvalue weighted by molar-refractivity contribution is 7.13. The summed E-state index contributed by atoms with van der Waals surface area (Å²) >= 11 is 1.52. The van der Waals surface area contributed by atoms with Crippen molar-refractivity contribution in [2.24, 2.45) is 0 Å². The van der Waals surface area contributed by atoms with Crippen LogP contribution in [0.1, 0.15) is 18.0 Å². The number of nitrogens with one attached hydrogen (secondary N) is 1. The second kappa shape index (κ2) is 8.39. The summed E-state index contributed by atoms with van der Waals surface area (Å²) in [5.74, 6) is -0.240. The number of benzene rings is 3. The van der Waals surface area contributed by atoms with Crippen molar-refractivity contribution in [3.8, 4) is 5.69 Å². The summed E-state index contributed by atoms with van der Waals surface area (Å²) in [5, 5.41) is 11.6. The number of aromatic nitrogens is 3. The van der Waals surface area contributed by atoms with Gasteiger partial charge in [0.05, 0.1) is 29.5 Å². The first-order valence-electron chi connectivity index (χ1n) is 10.9. The molecular formula is C26H20FN5OS. The van der Waals surface area contributed by atoms with Crippen LogP contribution in [0.2, 0.25) is 0 Å². The Labute approximate surface area is 199 Å². The summed E-state index contributed by atoms with van der Waals surface area (Å²) in [6.45, 7) is 0. The van der Waals surface area contributed by atoms with Crippen LogP contribution in [0, 0.1) is 5.82 Å². The van der Waals surface area contributed by atoms with E-state index >= 15 is 0 Å². The molecule has 1 aliphatic rings. The summed E-state index contributed by atoms with van der Waals surface area (Å²) < 4.78 is 15.1. The van der Waals surface area contributed by atoms with Crippen LogP contribution < -0.4 is 10.2 Å². The van der Waals surface area contributed by atoms with Crippen LogP contribution in [0.4, 0.5) is 15.2 Å². The number of amides is 1. The molecule has 5 aromatic rings. The number of nitrogens with zero attached hydrogens (tertiary/aromatic N) is 4. The standard InChI is InChI=1S/C26H20FN5OS/c27-19-6-8-20(9-7-19)32-23-11-10-21(14-18(23)16-29-32)31-24(33)15-22(30-26-28-12-13-34-26)25(31)17-4-2-1-3-5-17/h1-14,16,22,25H,15H2,(H,28,30)/t22?,25-/m1/s1. The highest BCUT2D eigenvalue weighted by atomic mass is 32.1. The Morgan fingerprint density at radius 3 is 2.56 bits per heavy atom. The Hall–Kier alpha value is -4.04. The number of rotatable bonds is 5. The average Bonchev–Trinajstić information content (AvgIpc) is 3.59. The van der Waals surface area contributed by atoms with Gasteiger partial charge in [-0.1, -0.05) is 30.3 Å². The Kier molecular flexibility index (Phi) is 5.07. The van der Waals surface area contributed by atoms with Crippen LogP contribution in [-0.4, -0.2) is 26.7 Å². The van der Waals surface area contributed by atoms with Gasteiger partial charge in [0.2, 0.25) is 5.91 Å². The predicted octanol–water partition coefficient (Wildman–Crippen LogP) is 5.58. The van der Waals surface area contributed by atoms with E-state index in [-0.39, 0.29) is 23.8 Å². The lowest BCUT2D eigenvalue weighted by Crippen LogP contribution is -2.32. The number of thiazole rings is 1. The number of hydrogen-bond donors (Lipinski definition) is 1. The van der Waals surface area contributed by atoms with Gasteiger partial charge < -0.3 is 10.2 Å². The van der Waals surface area contributed by atoms with Gasteiger partial charge >= 0.3 is 0 Å². The first kappa shape index (κ1) is 20.6. The van der Waals surface area contributed by atoms with Crippen LogP contribution >= 0.6 is 11.3 Å². The molecule has 0 radical (unpaired) electrons. The van der Waals surface area contributed by atoms with Gasteiger partial charge in [0.1, 0.15) is 5.82 Å². The molecule has 8 heteroatoms. The normalized spacial score (nSPS) is 18.0. The molecule has 168 valence electrons. The van der Waals surface area contributed by atoms with Crippen LogP contribution in [0.3, 0.4) is 0 Å². The van der Waals surface area contributed by atoms with Crippen LogP contribution in [0.15, 0.2) is 90.6 Å². The molecule has 3 heterocycles. The van der Waals surface area contributed by atoms with Crippen molar-refractivity contribution in [1.82, 2.24) is 14.8 Å². The van der Waals surface area contributed by atoms with E-state index in [0.29, 0.717) is 6.42 Å². The number of fused-ring (bicyclic) bond motifs is 1. The lowest BCUT2D eigenvalue weighted by Gasteiger charge is -2.29. The van der Waals surface area contributed by atoms with Crippen molar-refractivity contribution in [2.45, 2.75) is 18.5 Å². The number of carbonyl (C=O) groups is 1. The quantitative estimate of drug-likeness (QED) is 0.365. The fourth-order valence-electron chi connectivity index (χ4n) is 4.61. The molecule has 6 rings (SSSR count). The Balaban J connectivity index is 1.39. The molecule has 3 aromatic carbocycles. The Morgan fingerprint density at radius 2 is 1.79 bits per heavy atom. The molecule has 1 N–H and O–H groups in total. The first-order chi connectivity index (χ1) is 16.7. The maximum atomic E-state index is 13.4. The van der Waals surface area contributed by atoms with E-state index in [1.54, 1.807) is 29.2 Å². The summed E-state index contributed by atoms with van der Waals surface area (Å²) in [5.41, 5.74) is 3.53. The smallest absolute Gasteiger partial charge is 0.229 e. The second-order valence-electron chi connectivity index (χ2n) is 8.19. The summed E-state index contributed by atoms with van der Waals surface area (Å²) in [6, 6.07) is 21.9. The molecule has 0 aliphatic carbocycles. The predicted molar refractivity (Wildman–Crippen MR) is 132 cm³/mol. The van der Waals surface area contributed by atoms with Gasteiger partial charge in [-0.15, -0.1) is 11.3 Å². The van der Waals surface area contributed by atoms with E-state index in [0.717, 1.165) is 33.0 Å². The summed E-state index contributed by atoms with van der Waals surface area (Å²) in [7, 11) is 0. The maximum Gasteiger partial charge on any atom is 0.229 e. The van der Waals surface area contributed by atoms with E-state index < -0.39 is 0 Å². The topological polar surface area (TPSA) is 63.1 Å². The molecule has 1 fully saturated rings. The average molecular weight is 470 g/mol. The monoisotopic (exact) mass is 469 g/mol. The van der Waals surface area contributed by atoms with Crippen LogP contribution in [0.5, 0.6) is 0 Å².